The Kier molecular flexibility index (Phi) is 8.33. The third-order valence-electron chi connectivity index (χ3n) is 6.32. The number of carbonyl (C=O) groups is 2. The lowest BCUT2D eigenvalue weighted by Crippen LogP contribution is -2.26. The van der Waals surface area contributed by atoms with Gasteiger partial charge in [-0.25, -0.2) is 0 Å². The van der Waals surface area contributed by atoms with Gasteiger partial charge >= 0.3 is 5.91 Å². The summed E-state index contributed by atoms with van der Waals surface area (Å²) in [7, 11) is 0. The largest absolute Gasteiger partial charge is 0.493 e. The zero-order valence-corrected chi connectivity index (χ0v) is 21.8. The summed E-state index contributed by atoms with van der Waals surface area (Å²) in [5.74, 6) is -1.25. The first-order valence-electron chi connectivity index (χ1n) is 12.7. The van der Waals surface area contributed by atoms with Crippen molar-refractivity contribution in [2.75, 3.05) is 18.0 Å². The van der Waals surface area contributed by atoms with Crippen LogP contribution in [0.5, 0.6) is 5.88 Å². The number of hydrogen-bond donors (Lipinski definition) is 2. The first-order valence-corrected chi connectivity index (χ1v) is 12.7. The SMILES string of the molecule is CCN(CC)c1ccc(C=C(NC(=O)c2ccccc2)C(=O)N=Nc2c(O)n(CC)c3ccccc23)cc1. The van der Waals surface area contributed by atoms with E-state index in [1.54, 1.807) is 34.9 Å². The average Bonchev–Trinajstić information content (AvgIpc) is 3.23. The molecule has 2 amide bonds. The van der Waals surface area contributed by atoms with Gasteiger partial charge in [-0.1, -0.05) is 48.5 Å². The van der Waals surface area contributed by atoms with E-state index >= 15 is 0 Å². The molecule has 0 saturated heterocycles. The van der Waals surface area contributed by atoms with Crippen molar-refractivity contribution in [2.24, 2.45) is 10.2 Å². The molecule has 0 saturated carbocycles. The van der Waals surface area contributed by atoms with E-state index in [0.29, 0.717) is 17.5 Å². The Hall–Kier alpha value is -4.72. The van der Waals surface area contributed by atoms with Crippen LogP contribution >= 0.6 is 0 Å². The minimum Gasteiger partial charge on any atom is -0.493 e. The van der Waals surface area contributed by atoms with Gasteiger partial charge in [0.2, 0.25) is 5.88 Å². The molecule has 0 aliphatic rings. The molecule has 0 atom stereocenters. The van der Waals surface area contributed by atoms with E-state index in [4.69, 9.17) is 0 Å². The van der Waals surface area contributed by atoms with E-state index < -0.39 is 11.8 Å². The number of carbonyl (C=O) groups excluding carboxylic acids is 2. The summed E-state index contributed by atoms with van der Waals surface area (Å²) in [6.45, 7) is 8.37. The average molecular weight is 510 g/mol. The molecule has 1 aromatic heterocycles. The molecule has 2 N–H and O–H groups in total. The van der Waals surface area contributed by atoms with Crippen molar-refractivity contribution in [1.29, 1.82) is 0 Å². The van der Waals surface area contributed by atoms with Gasteiger partial charge in [-0.05, 0) is 62.7 Å². The van der Waals surface area contributed by atoms with Crippen molar-refractivity contribution < 1.29 is 14.7 Å². The van der Waals surface area contributed by atoms with Gasteiger partial charge < -0.3 is 19.9 Å². The summed E-state index contributed by atoms with van der Waals surface area (Å²) in [6.07, 6.45) is 1.57. The molecular formula is C30H31N5O3. The van der Waals surface area contributed by atoms with Crippen molar-refractivity contribution in [3.05, 3.63) is 95.7 Å². The van der Waals surface area contributed by atoms with Gasteiger partial charge in [0.15, 0.2) is 5.69 Å². The number of aryl methyl sites for hydroxylation is 1. The smallest absolute Gasteiger partial charge is 0.311 e. The van der Waals surface area contributed by atoms with Gasteiger partial charge in [0.05, 0.1) is 5.52 Å². The van der Waals surface area contributed by atoms with E-state index in [1.165, 1.54) is 0 Å². The molecule has 194 valence electrons. The Morgan fingerprint density at radius 3 is 2.24 bits per heavy atom. The molecule has 38 heavy (non-hydrogen) atoms. The van der Waals surface area contributed by atoms with Crippen molar-refractivity contribution in [2.45, 2.75) is 27.3 Å². The highest BCUT2D eigenvalue weighted by Gasteiger charge is 2.18. The molecule has 0 aliphatic heterocycles. The molecule has 1 heterocycles. The second-order valence-corrected chi connectivity index (χ2v) is 8.58. The van der Waals surface area contributed by atoms with Crippen LogP contribution in [-0.4, -0.2) is 34.6 Å². The minimum atomic E-state index is -0.741. The van der Waals surface area contributed by atoms with E-state index in [-0.39, 0.29) is 17.3 Å². The Labute approximate surface area is 221 Å². The highest BCUT2D eigenvalue weighted by Crippen LogP contribution is 2.38. The number of fused-ring (bicyclic) bond motifs is 1. The molecular weight excluding hydrogens is 478 g/mol. The predicted molar refractivity (Wildman–Crippen MR) is 151 cm³/mol. The topological polar surface area (TPSA) is 99.3 Å². The summed E-state index contributed by atoms with van der Waals surface area (Å²) in [5, 5.41) is 22.1. The molecule has 3 aromatic carbocycles. The summed E-state index contributed by atoms with van der Waals surface area (Å²) in [4.78, 5) is 28.3. The van der Waals surface area contributed by atoms with E-state index in [9.17, 15) is 14.7 Å². The van der Waals surface area contributed by atoms with Gasteiger partial charge in [-0.2, -0.15) is 0 Å². The normalized spacial score (nSPS) is 11.7. The third kappa shape index (κ3) is 5.64. The first kappa shape index (κ1) is 26.3. The quantitative estimate of drug-likeness (QED) is 0.204. The van der Waals surface area contributed by atoms with Gasteiger partial charge in [0.25, 0.3) is 5.91 Å². The van der Waals surface area contributed by atoms with Crippen molar-refractivity contribution >= 4 is 40.2 Å². The van der Waals surface area contributed by atoms with Crippen LogP contribution in [0.15, 0.2) is 94.8 Å². The maximum atomic E-state index is 13.2. The first-order chi connectivity index (χ1) is 18.5. The molecule has 0 fully saturated rings. The van der Waals surface area contributed by atoms with E-state index in [1.807, 2.05) is 61.5 Å². The highest BCUT2D eigenvalue weighted by molar-refractivity contribution is 6.05. The summed E-state index contributed by atoms with van der Waals surface area (Å²) < 4.78 is 1.69. The molecule has 0 aliphatic carbocycles. The zero-order chi connectivity index (χ0) is 27.1. The summed E-state index contributed by atoms with van der Waals surface area (Å²) >= 11 is 0. The number of para-hydroxylation sites is 1. The maximum absolute atomic E-state index is 13.2. The third-order valence-corrected chi connectivity index (χ3v) is 6.32. The lowest BCUT2D eigenvalue weighted by Gasteiger charge is -2.20. The summed E-state index contributed by atoms with van der Waals surface area (Å²) in [6, 6.07) is 23.7. The molecule has 0 unspecified atom stereocenters. The van der Waals surface area contributed by atoms with Gasteiger partial charge in [-0.15, -0.1) is 10.2 Å². The van der Waals surface area contributed by atoms with Crippen molar-refractivity contribution in [3.63, 3.8) is 0 Å². The Morgan fingerprint density at radius 1 is 0.921 bits per heavy atom. The van der Waals surface area contributed by atoms with Crippen LogP contribution in [0.4, 0.5) is 11.4 Å². The number of aromatic hydroxyl groups is 1. The van der Waals surface area contributed by atoms with Crippen LogP contribution in [0.3, 0.4) is 0 Å². The van der Waals surface area contributed by atoms with Crippen LogP contribution in [0.2, 0.25) is 0 Å². The van der Waals surface area contributed by atoms with Crippen molar-refractivity contribution in [3.8, 4) is 5.88 Å². The number of azo groups is 1. The van der Waals surface area contributed by atoms with Crippen LogP contribution in [0, 0.1) is 0 Å². The fraction of sp³-hybridized carbons (Fsp3) is 0.200. The Bertz CT molecular complexity index is 1480. The highest BCUT2D eigenvalue weighted by atomic mass is 16.3. The number of benzene rings is 3. The zero-order valence-electron chi connectivity index (χ0n) is 21.8. The van der Waals surface area contributed by atoms with Crippen LogP contribution in [-0.2, 0) is 11.3 Å². The fourth-order valence-electron chi connectivity index (χ4n) is 4.31. The summed E-state index contributed by atoms with van der Waals surface area (Å²) in [5.41, 5.74) is 3.15. The second-order valence-electron chi connectivity index (χ2n) is 8.58. The molecule has 8 heteroatoms. The number of aromatic nitrogens is 1. The molecule has 0 bridgehead atoms. The minimum absolute atomic E-state index is 0.0306. The molecule has 0 spiro atoms. The molecule has 8 nitrogen and oxygen atoms in total. The van der Waals surface area contributed by atoms with Gasteiger partial charge in [0.1, 0.15) is 5.70 Å². The maximum Gasteiger partial charge on any atom is 0.311 e. The number of anilines is 1. The van der Waals surface area contributed by atoms with Crippen molar-refractivity contribution in [1.82, 2.24) is 9.88 Å². The van der Waals surface area contributed by atoms with Crippen LogP contribution in [0.25, 0.3) is 17.0 Å². The second kappa shape index (κ2) is 12.0. The predicted octanol–water partition coefficient (Wildman–Crippen LogP) is 6.29. The number of hydrogen-bond acceptors (Lipinski definition) is 5. The van der Waals surface area contributed by atoms with E-state index in [2.05, 4.69) is 34.3 Å². The monoisotopic (exact) mass is 509 g/mol. The number of rotatable bonds is 9. The number of nitrogens with zero attached hydrogens (tertiary/aromatic N) is 4. The van der Waals surface area contributed by atoms with E-state index in [0.717, 1.165) is 29.9 Å². The van der Waals surface area contributed by atoms with Crippen LogP contribution < -0.4 is 10.2 Å². The Balaban J connectivity index is 1.68. The van der Waals surface area contributed by atoms with Crippen LogP contribution in [0.1, 0.15) is 36.7 Å². The fourth-order valence-corrected chi connectivity index (χ4v) is 4.31. The molecule has 0 radical (unpaired) electrons. The molecule has 4 rings (SSSR count). The molecule has 4 aromatic rings. The lowest BCUT2D eigenvalue weighted by molar-refractivity contribution is -0.115. The van der Waals surface area contributed by atoms with Gasteiger partial charge in [0, 0.05) is 36.3 Å². The lowest BCUT2D eigenvalue weighted by atomic mass is 10.1. The van der Waals surface area contributed by atoms with Gasteiger partial charge in [-0.3, -0.25) is 9.59 Å². The Morgan fingerprint density at radius 2 is 1.58 bits per heavy atom. The number of amides is 2. The number of nitrogens with one attached hydrogen (secondary N) is 1. The standard InChI is InChI=1S/C30H31N5O3/c1-4-34(5-2)23-18-16-21(17-19-23)20-25(31-28(36)22-12-8-7-9-13-22)29(37)33-32-27-24-14-10-11-15-26(24)35(6-3)30(27)38/h7-20,38H,4-6H2,1-3H3,(H,31,36).